The van der Waals surface area contributed by atoms with Gasteiger partial charge in [-0.3, -0.25) is 9.59 Å². The van der Waals surface area contributed by atoms with Crippen molar-refractivity contribution in [2.75, 3.05) is 0 Å². The lowest BCUT2D eigenvalue weighted by Gasteiger charge is -2.24. The SMILES string of the molecule is CC(C)[C@H](N)C(=O)N[C@@H](Cc1cnc[nH]1)C(=O)N[C@H](C(=O)O)[C@@H](C)O. The fourth-order valence-electron chi connectivity index (χ4n) is 2.04. The predicted octanol–water partition coefficient (Wildman–Crippen LogP) is -1.63. The Morgan fingerprint density at radius 1 is 1.24 bits per heavy atom. The van der Waals surface area contributed by atoms with E-state index in [1.165, 1.54) is 19.4 Å². The van der Waals surface area contributed by atoms with Crippen LogP contribution in [0.2, 0.25) is 0 Å². The summed E-state index contributed by atoms with van der Waals surface area (Å²) in [7, 11) is 0. The van der Waals surface area contributed by atoms with Gasteiger partial charge in [0, 0.05) is 18.3 Å². The number of carbonyl (C=O) groups excluding carboxylic acids is 2. The number of carboxylic acids is 1. The number of hydrogen-bond donors (Lipinski definition) is 6. The molecule has 10 nitrogen and oxygen atoms in total. The van der Waals surface area contributed by atoms with Crippen molar-refractivity contribution in [2.45, 2.75) is 51.4 Å². The second-order valence-corrected chi connectivity index (χ2v) is 6.18. The van der Waals surface area contributed by atoms with Gasteiger partial charge in [0.2, 0.25) is 11.8 Å². The van der Waals surface area contributed by atoms with Gasteiger partial charge in [-0.15, -0.1) is 0 Å². The zero-order chi connectivity index (χ0) is 19.1. The van der Waals surface area contributed by atoms with Crippen LogP contribution < -0.4 is 16.4 Å². The van der Waals surface area contributed by atoms with E-state index >= 15 is 0 Å². The average molecular weight is 355 g/mol. The lowest BCUT2D eigenvalue weighted by atomic mass is 10.0. The van der Waals surface area contributed by atoms with Crippen molar-refractivity contribution in [3.8, 4) is 0 Å². The Hall–Kier alpha value is -2.46. The zero-order valence-electron chi connectivity index (χ0n) is 14.4. The molecule has 1 aromatic heterocycles. The van der Waals surface area contributed by atoms with E-state index in [0.29, 0.717) is 5.69 Å². The van der Waals surface area contributed by atoms with Crippen LogP contribution >= 0.6 is 0 Å². The molecular weight excluding hydrogens is 330 g/mol. The number of carbonyl (C=O) groups is 3. The number of imidazole rings is 1. The number of amides is 2. The highest BCUT2D eigenvalue weighted by molar-refractivity contribution is 5.92. The molecule has 2 amide bonds. The Morgan fingerprint density at radius 2 is 1.88 bits per heavy atom. The third-order valence-corrected chi connectivity index (χ3v) is 3.68. The van der Waals surface area contributed by atoms with Gasteiger partial charge in [0.1, 0.15) is 6.04 Å². The molecule has 1 rings (SSSR count). The third-order valence-electron chi connectivity index (χ3n) is 3.68. The summed E-state index contributed by atoms with van der Waals surface area (Å²) >= 11 is 0. The maximum Gasteiger partial charge on any atom is 0.328 e. The fourth-order valence-corrected chi connectivity index (χ4v) is 2.04. The van der Waals surface area contributed by atoms with E-state index in [4.69, 9.17) is 10.8 Å². The summed E-state index contributed by atoms with van der Waals surface area (Å²) in [6.07, 6.45) is 1.66. The number of nitrogens with one attached hydrogen (secondary N) is 3. The summed E-state index contributed by atoms with van der Waals surface area (Å²) in [6.45, 7) is 4.78. The second-order valence-electron chi connectivity index (χ2n) is 6.18. The Bertz CT molecular complexity index is 587. The van der Waals surface area contributed by atoms with E-state index in [1.807, 2.05) is 0 Å². The highest BCUT2D eigenvalue weighted by Crippen LogP contribution is 2.04. The van der Waals surface area contributed by atoms with E-state index < -0.39 is 42.0 Å². The van der Waals surface area contributed by atoms with Crippen LogP contribution in [0.15, 0.2) is 12.5 Å². The van der Waals surface area contributed by atoms with E-state index in [2.05, 4.69) is 20.6 Å². The topological polar surface area (TPSA) is 170 Å². The normalized spacial score (nSPS) is 15.9. The molecule has 0 aliphatic rings. The Morgan fingerprint density at radius 3 is 2.32 bits per heavy atom. The molecular formula is C15H25N5O5. The van der Waals surface area contributed by atoms with Crippen molar-refractivity contribution in [3.63, 3.8) is 0 Å². The molecule has 0 aliphatic heterocycles. The maximum atomic E-state index is 12.4. The summed E-state index contributed by atoms with van der Waals surface area (Å²) in [4.78, 5) is 42.4. The first-order valence-electron chi connectivity index (χ1n) is 7.88. The van der Waals surface area contributed by atoms with Crippen molar-refractivity contribution in [1.82, 2.24) is 20.6 Å². The summed E-state index contributed by atoms with van der Waals surface area (Å²) in [5, 5.41) is 23.3. The van der Waals surface area contributed by atoms with Gasteiger partial charge in [0.05, 0.1) is 18.5 Å². The number of nitrogens with two attached hydrogens (primary N) is 1. The zero-order valence-corrected chi connectivity index (χ0v) is 14.4. The van der Waals surface area contributed by atoms with Crippen molar-refractivity contribution >= 4 is 17.8 Å². The molecule has 10 heteroatoms. The number of aliphatic hydroxyl groups is 1. The van der Waals surface area contributed by atoms with Crippen LogP contribution in [0.1, 0.15) is 26.5 Å². The first kappa shape index (κ1) is 20.6. The minimum atomic E-state index is -1.49. The number of H-pyrrole nitrogens is 1. The van der Waals surface area contributed by atoms with Gasteiger partial charge in [-0.05, 0) is 12.8 Å². The summed E-state index contributed by atoms with van der Waals surface area (Å²) < 4.78 is 0. The highest BCUT2D eigenvalue weighted by atomic mass is 16.4. The number of aromatic nitrogens is 2. The van der Waals surface area contributed by atoms with Crippen molar-refractivity contribution in [3.05, 3.63) is 18.2 Å². The molecule has 0 aliphatic carbocycles. The minimum absolute atomic E-state index is 0.0640. The quantitative estimate of drug-likeness (QED) is 0.309. The number of carboxylic acid groups (broad SMARTS) is 1. The van der Waals surface area contributed by atoms with Crippen molar-refractivity contribution < 1.29 is 24.6 Å². The molecule has 1 aromatic rings. The monoisotopic (exact) mass is 355 g/mol. The molecule has 7 N–H and O–H groups in total. The molecule has 0 aromatic carbocycles. The van der Waals surface area contributed by atoms with Gasteiger partial charge in [0.15, 0.2) is 6.04 Å². The van der Waals surface area contributed by atoms with E-state index in [9.17, 15) is 19.5 Å². The number of nitrogens with zero attached hydrogens (tertiary/aromatic N) is 1. The second kappa shape index (κ2) is 9.14. The highest BCUT2D eigenvalue weighted by Gasteiger charge is 2.31. The summed E-state index contributed by atoms with van der Waals surface area (Å²) in [5.41, 5.74) is 6.35. The number of hydrogen-bond acceptors (Lipinski definition) is 6. The van der Waals surface area contributed by atoms with Crippen LogP contribution in [0.25, 0.3) is 0 Å². The predicted molar refractivity (Wildman–Crippen MR) is 88.3 cm³/mol. The van der Waals surface area contributed by atoms with Crippen LogP contribution in [-0.4, -0.2) is 62.2 Å². The molecule has 0 radical (unpaired) electrons. The Balaban J connectivity index is 2.91. The number of aliphatic carboxylic acids is 1. The Kier molecular flexibility index (Phi) is 7.52. The molecule has 25 heavy (non-hydrogen) atoms. The average Bonchev–Trinajstić information content (AvgIpc) is 3.02. The number of aliphatic hydroxyl groups excluding tert-OH is 1. The van der Waals surface area contributed by atoms with Crippen LogP contribution in [0.5, 0.6) is 0 Å². The summed E-state index contributed by atoms with van der Waals surface area (Å²) in [6, 6.07) is -3.38. The van der Waals surface area contributed by atoms with Gasteiger partial charge >= 0.3 is 5.97 Å². The largest absolute Gasteiger partial charge is 0.480 e. The molecule has 0 fully saturated rings. The van der Waals surface area contributed by atoms with E-state index in [0.717, 1.165) is 0 Å². The lowest BCUT2D eigenvalue weighted by molar-refractivity contribution is -0.145. The molecule has 0 unspecified atom stereocenters. The van der Waals surface area contributed by atoms with Crippen LogP contribution in [-0.2, 0) is 20.8 Å². The smallest absolute Gasteiger partial charge is 0.328 e. The van der Waals surface area contributed by atoms with Crippen LogP contribution in [0.3, 0.4) is 0 Å². The minimum Gasteiger partial charge on any atom is -0.480 e. The fraction of sp³-hybridized carbons (Fsp3) is 0.600. The van der Waals surface area contributed by atoms with E-state index in [-0.39, 0.29) is 12.3 Å². The molecule has 0 saturated carbocycles. The van der Waals surface area contributed by atoms with Gasteiger partial charge in [0.25, 0.3) is 0 Å². The molecule has 0 bridgehead atoms. The van der Waals surface area contributed by atoms with Crippen LogP contribution in [0, 0.1) is 5.92 Å². The van der Waals surface area contributed by atoms with Crippen molar-refractivity contribution in [1.29, 1.82) is 0 Å². The molecule has 4 atom stereocenters. The first-order chi connectivity index (χ1) is 11.6. The standard InChI is InChI=1S/C15H25N5O5/c1-7(2)11(16)14(23)19-10(4-9-5-17-6-18-9)13(22)20-12(8(3)21)15(24)25/h5-8,10-12,21H,4,16H2,1-3H3,(H,17,18)(H,19,23)(H,20,22)(H,24,25)/t8-,10+,11+,12+/m1/s1. The third kappa shape index (κ3) is 6.16. The van der Waals surface area contributed by atoms with E-state index in [1.54, 1.807) is 13.8 Å². The van der Waals surface area contributed by atoms with Gasteiger partial charge in [-0.1, -0.05) is 13.8 Å². The number of aromatic amines is 1. The Labute approximate surface area is 145 Å². The lowest BCUT2D eigenvalue weighted by Crippen LogP contribution is -2.57. The molecule has 1 heterocycles. The van der Waals surface area contributed by atoms with Gasteiger partial charge in [-0.25, -0.2) is 9.78 Å². The maximum absolute atomic E-state index is 12.4. The number of rotatable bonds is 9. The van der Waals surface area contributed by atoms with Gasteiger partial charge < -0.3 is 31.6 Å². The van der Waals surface area contributed by atoms with Crippen LogP contribution in [0.4, 0.5) is 0 Å². The molecule has 140 valence electrons. The first-order valence-corrected chi connectivity index (χ1v) is 7.88. The molecule has 0 saturated heterocycles. The molecule has 0 spiro atoms. The summed E-state index contributed by atoms with van der Waals surface area (Å²) in [5.74, 6) is -2.79. The van der Waals surface area contributed by atoms with Gasteiger partial charge in [-0.2, -0.15) is 0 Å². The van der Waals surface area contributed by atoms with Crippen molar-refractivity contribution in [2.24, 2.45) is 11.7 Å².